The summed E-state index contributed by atoms with van der Waals surface area (Å²) in [7, 11) is 0. The molecular formula is C14H13F2N3O4S. The minimum absolute atomic E-state index is 0.0173. The molecule has 2 fully saturated rings. The molecule has 2 aliphatic heterocycles. The van der Waals surface area contributed by atoms with Crippen LogP contribution in [0.5, 0.6) is 0 Å². The Morgan fingerprint density at radius 3 is 2.46 bits per heavy atom. The summed E-state index contributed by atoms with van der Waals surface area (Å²) in [5.74, 6) is -2.80. The lowest BCUT2D eigenvalue weighted by Crippen LogP contribution is -2.42. The van der Waals surface area contributed by atoms with Gasteiger partial charge in [0.1, 0.15) is 11.8 Å². The van der Waals surface area contributed by atoms with Crippen LogP contribution in [0.1, 0.15) is 0 Å². The zero-order valence-corrected chi connectivity index (χ0v) is 13.1. The first kappa shape index (κ1) is 16.7. The Labute approximate surface area is 139 Å². The average Bonchev–Trinajstić information content (AvgIpc) is 2.92. The first-order valence-corrected chi connectivity index (χ1v) is 8.06. The zero-order valence-electron chi connectivity index (χ0n) is 12.3. The van der Waals surface area contributed by atoms with Gasteiger partial charge in [0.25, 0.3) is 5.12 Å². The van der Waals surface area contributed by atoms with E-state index in [1.807, 2.05) is 0 Å². The lowest BCUT2D eigenvalue weighted by atomic mass is 10.2. The summed E-state index contributed by atoms with van der Waals surface area (Å²) in [5, 5.41) is -0.766. The van der Waals surface area contributed by atoms with Gasteiger partial charge in [0.2, 0.25) is 0 Å². The Bertz CT molecular complexity index is 707. The maximum atomic E-state index is 14.4. The molecule has 0 unspecified atom stereocenters. The van der Waals surface area contributed by atoms with E-state index in [1.165, 1.54) is 0 Å². The molecule has 1 atom stereocenters. The number of thioether (sulfide) groups is 1. The number of cyclic esters (lactones) is 1. The summed E-state index contributed by atoms with van der Waals surface area (Å²) in [6, 6.07) is 1.86. The summed E-state index contributed by atoms with van der Waals surface area (Å²) >= 11 is 0.807. The molecule has 1 aromatic rings. The first-order chi connectivity index (χ1) is 11.4. The first-order valence-electron chi connectivity index (χ1n) is 7.08. The third-order valence-corrected chi connectivity index (χ3v) is 4.51. The van der Waals surface area contributed by atoms with Crippen LogP contribution in [0.25, 0.3) is 0 Å². The van der Waals surface area contributed by atoms with E-state index in [1.54, 1.807) is 0 Å². The molecule has 2 heterocycles. The minimum atomic E-state index is -1.04. The molecule has 2 amide bonds. The fourth-order valence-electron chi connectivity index (χ4n) is 2.54. The summed E-state index contributed by atoms with van der Waals surface area (Å²) in [6.07, 6.45) is -1.31. The summed E-state index contributed by atoms with van der Waals surface area (Å²) in [5.41, 5.74) is 4.78. The predicted octanol–water partition coefficient (Wildman–Crippen LogP) is 0.855. The van der Waals surface area contributed by atoms with Crippen LogP contribution < -0.4 is 15.5 Å². The number of carbonyl (C=O) groups is 3. The molecule has 10 heteroatoms. The van der Waals surface area contributed by atoms with Gasteiger partial charge in [-0.05, 0) is 0 Å². The number of rotatable bonds is 3. The van der Waals surface area contributed by atoms with E-state index in [4.69, 9.17) is 10.5 Å². The van der Waals surface area contributed by atoms with E-state index < -0.39 is 40.5 Å². The van der Waals surface area contributed by atoms with Crippen LogP contribution in [-0.2, 0) is 14.3 Å². The number of hydrogen-bond acceptors (Lipinski definition) is 6. The number of halogens is 2. The van der Waals surface area contributed by atoms with Gasteiger partial charge in [-0.3, -0.25) is 19.4 Å². The number of ether oxygens (including phenoxy) is 1. The van der Waals surface area contributed by atoms with Crippen molar-refractivity contribution in [1.29, 1.82) is 0 Å². The van der Waals surface area contributed by atoms with Gasteiger partial charge >= 0.3 is 12.0 Å². The molecule has 0 bridgehead atoms. The van der Waals surface area contributed by atoms with Crippen molar-refractivity contribution in [3.63, 3.8) is 0 Å². The lowest BCUT2D eigenvalue weighted by molar-refractivity contribution is -0.131. The van der Waals surface area contributed by atoms with Crippen LogP contribution in [0.4, 0.5) is 25.0 Å². The van der Waals surface area contributed by atoms with Crippen molar-refractivity contribution >= 4 is 40.3 Å². The third kappa shape index (κ3) is 2.82. The maximum absolute atomic E-state index is 14.4. The Hall–Kier alpha value is -2.20. The SMILES string of the molecule is NC[C@@H]1CN(c2cc(F)c(N3CCSC(=O)C3=O)c(F)c2)C(=O)O1. The Kier molecular flexibility index (Phi) is 4.41. The summed E-state index contributed by atoms with van der Waals surface area (Å²) in [4.78, 5) is 36.8. The van der Waals surface area contributed by atoms with Gasteiger partial charge in [-0.1, -0.05) is 11.8 Å². The molecule has 128 valence electrons. The standard InChI is InChI=1S/C14H13F2N3O4S/c15-9-3-7(19-6-8(5-17)23-14(19)22)4-10(16)11(9)18-1-2-24-13(21)12(18)20/h3-4,8H,1-2,5-6,17H2/t8-/m1/s1. The van der Waals surface area contributed by atoms with Crippen molar-refractivity contribution in [2.24, 2.45) is 5.73 Å². The highest BCUT2D eigenvalue weighted by Gasteiger charge is 2.35. The number of nitrogens with two attached hydrogens (primary N) is 1. The maximum Gasteiger partial charge on any atom is 0.414 e. The third-order valence-electron chi connectivity index (χ3n) is 3.69. The van der Waals surface area contributed by atoms with Crippen LogP contribution >= 0.6 is 11.8 Å². The van der Waals surface area contributed by atoms with Gasteiger partial charge < -0.3 is 10.5 Å². The molecule has 24 heavy (non-hydrogen) atoms. The smallest absolute Gasteiger partial charge is 0.414 e. The average molecular weight is 357 g/mol. The second-order valence-electron chi connectivity index (χ2n) is 5.20. The van der Waals surface area contributed by atoms with Crippen molar-refractivity contribution < 1.29 is 27.9 Å². The van der Waals surface area contributed by atoms with Crippen molar-refractivity contribution in [3.8, 4) is 0 Å². The highest BCUT2D eigenvalue weighted by atomic mass is 32.2. The van der Waals surface area contributed by atoms with E-state index in [0.717, 1.165) is 33.7 Å². The molecule has 2 aliphatic rings. The molecule has 0 radical (unpaired) electrons. The van der Waals surface area contributed by atoms with Crippen molar-refractivity contribution in [2.45, 2.75) is 6.10 Å². The molecule has 2 saturated heterocycles. The minimum Gasteiger partial charge on any atom is -0.443 e. The number of carbonyl (C=O) groups excluding carboxylic acids is 3. The highest BCUT2D eigenvalue weighted by molar-refractivity contribution is 8.15. The van der Waals surface area contributed by atoms with Crippen molar-refractivity contribution in [1.82, 2.24) is 0 Å². The normalized spacial score (nSPS) is 21.5. The molecular weight excluding hydrogens is 344 g/mol. The molecule has 0 aromatic heterocycles. The molecule has 7 nitrogen and oxygen atoms in total. The molecule has 0 saturated carbocycles. The van der Waals surface area contributed by atoms with Gasteiger partial charge in [0, 0.05) is 31.0 Å². The quantitative estimate of drug-likeness (QED) is 0.807. The second kappa shape index (κ2) is 6.36. The van der Waals surface area contributed by atoms with Gasteiger partial charge in [-0.25, -0.2) is 13.6 Å². The Balaban J connectivity index is 1.93. The number of hydrogen-bond donors (Lipinski definition) is 1. The molecule has 2 N–H and O–H groups in total. The van der Waals surface area contributed by atoms with E-state index >= 15 is 0 Å². The fourth-order valence-corrected chi connectivity index (χ4v) is 3.23. The molecule has 3 rings (SSSR count). The van der Waals surface area contributed by atoms with Gasteiger partial charge in [0.05, 0.1) is 12.2 Å². The Morgan fingerprint density at radius 1 is 1.21 bits per heavy atom. The fraction of sp³-hybridized carbons (Fsp3) is 0.357. The van der Waals surface area contributed by atoms with Crippen LogP contribution in [0.2, 0.25) is 0 Å². The molecule has 0 aliphatic carbocycles. The van der Waals surface area contributed by atoms with Gasteiger partial charge in [0.15, 0.2) is 11.6 Å². The van der Waals surface area contributed by atoms with Crippen LogP contribution in [0.3, 0.4) is 0 Å². The highest BCUT2D eigenvalue weighted by Crippen LogP contribution is 2.32. The number of benzene rings is 1. The van der Waals surface area contributed by atoms with E-state index in [2.05, 4.69) is 0 Å². The molecule has 0 spiro atoms. The van der Waals surface area contributed by atoms with E-state index in [0.29, 0.717) is 0 Å². The number of anilines is 2. The zero-order chi connectivity index (χ0) is 17.4. The topological polar surface area (TPSA) is 92.9 Å². The van der Waals surface area contributed by atoms with Crippen LogP contribution in [-0.4, -0.2) is 48.6 Å². The lowest BCUT2D eigenvalue weighted by Gasteiger charge is -2.26. The predicted molar refractivity (Wildman–Crippen MR) is 82.8 cm³/mol. The summed E-state index contributed by atoms with van der Waals surface area (Å²) < 4.78 is 33.7. The largest absolute Gasteiger partial charge is 0.443 e. The monoisotopic (exact) mass is 357 g/mol. The van der Waals surface area contributed by atoms with E-state index in [-0.39, 0.29) is 31.1 Å². The molecule has 1 aromatic carbocycles. The second-order valence-corrected chi connectivity index (χ2v) is 6.27. The summed E-state index contributed by atoms with van der Waals surface area (Å²) in [6.45, 7) is 0.183. The van der Waals surface area contributed by atoms with Gasteiger partial charge in [-0.2, -0.15) is 0 Å². The van der Waals surface area contributed by atoms with Crippen LogP contribution in [0, 0.1) is 11.6 Å². The van der Waals surface area contributed by atoms with Crippen molar-refractivity contribution in [2.75, 3.05) is 35.2 Å². The van der Waals surface area contributed by atoms with Gasteiger partial charge in [-0.15, -0.1) is 0 Å². The number of nitrogens with zero attached hydrogens (tertiary/aromatic N) is 2. The number of amides is 2. The Morgan fingerprint density at radius 2 is 1.88 bits per heavy atom. The van der Waals surface area contributed by atoms with E-state index in [9.17, 15) is 23.2 Å². The van der Waals surface area contributed by atoms with Crippen LogP contribution in [0.15, 0.2) is 12.1 Å². The van der Waals surface area contributed by atoms with Crippen molar-refractivity contribution in [3.05, 3.63) is 23.8 Å².